The number of carbonyl (C=O) groups is 2. The summed E-state index contributed by atoms with van der Waals surface area (Å²) in [6.07, 6.45) is -0.996. The normalized spacial score (nSPS) is 14.7. The number of para-hydroxylation sites is 1. The van der Waals surface area contributed by atoms with Gasteiger partial charge in [0.2, 0.25) is 0 Å². The van der Waals surface area contributed by atoms with Gasteiger partial charge < -0.3 is 19.9 Å². The monoisotopic (exact) mass is 412 g/mol. The van der Waals surface area contributed by atoms with E-state index >= 15 is 0 Å². The average Bonchev–Trinajstić information content (AvgIpc) is 2.78. The first-order valence-electron chi connectivity index (χ1n) is 9.66. The fourth-order valence-electron chi connectivity index (χ4n) is 3.39. The Hall–Kier alpha value is -3.62. The molecule has 0 spiro atoms. The Labute approximate surface area is 174 Å². The van der Waals surface area contributed by atoms with Crippen molar-refractivity contribution in [1.82, 2.24) is 4.90 Å². The number of anilines is 2. The molecule has 0 aliphatic carbocycles. The lowest BCUT2D eigenvalue weighted by molar-refractivity contribution is -0.384. The highest BCUT2D eigenvalue weighted by Gasteiger charge is 2.28. The number of piperazine rings is 1. The van der Waals surface area contributed by atoms with Crippen LogP contribution in [0.3, 0.4) is 0 Å². The first-order valence-corrected chi connectivity index (χ1v) is 9.66. The van der Waals surface area contributed by atoms with Gasteiger partial charge in [-0.15, -0.1) is 0 Å². The van der Waals surface area contributed by atoms with E-state index in [1.54, 1.807) is 11.9 Å². The molecule has 9 nitrogen and oxygen atoms in total. The summed E-state index contributed by atoms with van der Waals surface area (Å²) in [5, 5.41) is 13.8. The number of nitrogens with zero attached hydrogens (tertiary/aromatic N) is 3. The van der Waals surface area contributed by atoms with Crippen LogP contribution >= 0.6 is 0 Å². The van der Waals surface area contributed by atoms with Crippen molar-refractivity contribution in [3.05, 3.63) is 64.2 Å². The van der Waals surface area contributed by atoms with Crippen molar-refractivity contribution >= 4 is 28.9 Å². The number of benzene rings is 2. The maximum atomic E-state index is 12.7. The van der Waals surface area contributed by atoms with Gasteiger partial charge in [0.15, 0.2) is 6.10 Å². The van der Waals surface area contributed by atoms with E-state index in [1.165, 1.54) is 19.1 Å². The zero-order chi connectivity index (χ0) is 21.7. The Morgan fingerprint density at radius 3 is 2.37 bits per heavy atom. The zero-order valence-electron chi connectivity index (χ0n) is 16.9. The lowest BCUT2D eigenvalue weighted by Gasteiger charge is -2.37. The summed E-state index contributed by atoms with van der Waals surface area (Å²) in [5.74, 6) is -1.07. The summed E-state index contributed by atoms with van der Waals surface area (Å²) in [6, 6.07) is 13.8. The van der Waals surface area contributed by atoms with Crippen LogP contribution in [-0.4, -0.2) is 61.0 Å². The van der Waals surface area contributed by atoms with Crippen LogP contribution in [-0.2, 0) is 9.53 Å². The van der Waals surface area contributed by atoms with E-state index < -0.39 is 17.0 Å². The Morgan fingerprint density at radius 2 is 1.77 bits per heavy atom. The molecular weight excluding hydrogens is 388 g/mol. The van der Waals surface area contributed by atoms with Gasteiger partial charge in [0, 0.05) is 56.7 Å². The molecule has 1 aliphatic rings. The number of non-ortho nitro benzene ring substituents is 1. The number of hydrogen-bond acceptors (Lipinski definition) is 7. The van der Waals surface area contributed by atoms with Gasteiger partial charge in [-0.1, -0.05) is 18.2 Å². The van der Waals surface area contributed by atoms with Crippen LogP contribution in [0.15, 0.2) is 48.5 Å². The standard InChI is InChI=1S/C21H24N4O5/c1-15(30-21(27)18-14-17(25(28)29)8-9-19(18)22-2)20(26)24-12-10-23(11-13-24)16-6-4-3-5-7-16/h3-9,14-15,22H,10-13H2,1-2H3. The first kappa shape index (κ1) is 21.1. The lowest BCUT2D eigenvalue weighted by Crippen LogP contribution is -2.51. The fraction of sp³-hybridized carbons (Fsp3) is 0.333. The molecule has 9 heteroatoms. The highest BCUT2D eigenvalue weighted by atomic mass is 16.6. The fourth-order valence-corrected chi connectivity index (χ4v) is 3.39. The maximum absolute atomic E-state index is 12.7. The van der Waals surface area contributed by atoms with Crippen molar-refractivity contribution in [2.45, 2.75) is 13.0 Å². The number of nitro benzene ring substituents is 1. The Bertz CT molecular complexity index is 926. The predicted octanol–water partition coefficient (Wildman–Crippen LogP) is 2.53. The van der Waals surface area contributed by atoms with E-state index in [0.29, 0.717) is 31.9 Å². The lowest BCUT2D eigenvalue weighted by atomic mass is 10.1. The van der Waals surface area contributed by atoms with Crippen molar-refractivity contribution in [1.29, 1.82) is 0 Å². The van der Waals surface area contributed by atoms with Gasteiger partial charge in [0.05, 0.1) is 10.5 Å². The van der Waals surface area contributed by atoms with Gasteiger partial charge in [-0.3, -0.25) is 14.9 Å². The number of nitrogens with one attached hydrogen (secondary N) is 1. The van der Waals surface area contributed by atoms with Crippen molar-refractivity contribution < 1.29 is 19.2 Å². The molecule has 0 bridgehead atoms. The van der Waals surface area contributed by atoms with Gasteiger partial charge >= 0.3 is 5.97 Å². The molecule has 2 aromatic rings. The van der Waals surface area contributed by atoms with Crippen LogP contribution in [0, 0.1) is 10.1 Å². The topological polar surface area (TPSA) is 105 Å². The second-order valence-electron chi connectivity index (χ2n) is 6.93. The molecular formula is C21H24N4O5. The second-order valence-corrected chi connectivity index (χ2v) is 6.93. The molecule has 1 N–H and O–H groups in total. The number of carbonyl (C=O) groups excluding carboxylic acids is 2. The molecule has 1 saturated heterocycles. The molecule has 158 valence electrons. The van der Waals surface area contributed by atoms with E-state index in [0.717, 1.165) is 11.8 Å². The molecule has 0 saturated carbocycles. The largest absolute Gasteiger partial charge is 0.449 e. The maximum Gasteiger partial charge on any atom is 0.341 e. The molecule has 1 fully saturated rings. The van der Waals surface area contributed by atoms with Crippen molar-refractivity contribution in [3.8, 4) is 0 Å². The summed E-state index contributed by atoms with van der Waals surface area (Å²) >= 11 is 0. The highest BCUT2D eigenvalue weighted by molar-refractivity contribution is 5.98. The number of ether oxygens (including phenoxy) is 1. The van der Waals surface area contributed by atoms with Gasteiger partial charge in [-0.05, 0) is 25.1 Å². The summed E-state index contributed by atoms with van der Waals surface area (Å²) in [5.41, 5.74) is 1.29. The Kier molecular flexibility index (Phi) is 6.51. The second kappa shape index (κ2) is 9.25. The summed E-state index contributed by atoms with van der Waals surface area (Å²) in [7, 11) is 1.60. The Balaban J connectivity index is 1.61. The van der Waals surface area contributed by atoms with Crippen LogP contribution in [0.4, 0.5) is 17.1 Å². The van der Waals surface area contributed by atoms with E-state index in [9.17, 15) is 19.7 Å². The van der Waals surface area contributed by atoms with Gasteiger partial charge in [0.1, 0.15) is 0 Å². The van der Waals surface area contributed by atoms with Crippen molar-refractivity contribution in [2.24, 2.45) is 0 Å². The molecule has 3 rings (SSSR count). The van der Waals surface area contributed by atoms with Gasteiger partial charge in [-0.2, -0.15) is 0 Å². The van der Waals surface area contributed by atoms with E-state index in [-0.39, 0.29) is 17.2 Å². The number of hydrogen-bond donors (Lipinski definition) is 1. The number of amides is 1. The van der Waals surface area contributed by atoms with E-state index in [4.69, 9.17) is 4.74 Å². The smallest absolute Gasteiger partial charge is 0.341 e. The Morgan fingerprint density at radius 1 is 1.10 bits per heavy atom. The van der Waals surface area contributed by atoms with Crippen molar-refractivity contribution in [3.63, 3.8) is 0 Å². The molecule has 1 heterocycles. The van der Waals surface area contributed by atoms with Gasteiger partial charge in [-0.25, -0.2) is 4.79 Å². The van der Waals surface area contributed by atoms with Crippen LogP contribution in [0.1, 0.15) is 17.3 Å². The number of esters is 1. The average molecular weight is 412 g/mol. The molecule has 2 aromatic carbocycles. The molecule has 30 heavy (non-hydrogen) atoms. The SMILES string of the molecule is CNc1ccc([N+](=O)[O-])cc1C(=O)OC(C)C(=O)N1CCN(c2ccccc2)CC1. The molecule has 1 amide bonds. The van der Waals surface area contributed by atoms with Crippen LogP contribution < -0.4 is 10.2 Å². The van der Waals surface area contributed by atoms with E-state index in [1.807, 2.05) is 30.3 Å². The van der Waals surface area contributed by atoms with Crippen LogP contribution in [0.25, 0.3) is 0 Å². The van der Waals surface area contributed by atoms with E-state index in [2.05, 4.69) is 10.2 Å². The third-order valence-electron chi connectivity index (χ3n) is 5.05. The molecule has 0 aromatic heterocycles. The van der Waals surface area contributed by atoms with Crippen molar-refractivity contribution in [2.75, 3.05) is 43.4 Å². The van der Waals surface area contributed by atoms with Crippen LogP contribution in [0.2, 0.25) is 0 Å². The highest BCUT2D eigenvalue weighted by Crippen LogP contribution is 2.23. The number of nitro groups is 1. The summed E-state index contributed by atoms with van der Waals surface area (Å²) < 4.78 is 5.33. The van der Waals surface area contributed by atoms with Crippen LogP contribution in [0.5, 0.6) is 0 Å². The summed E-state index contributed by atoms with van der Waals surface area (Å²) in [6.45, 7) is 3.93. The third kappa shape index (κ3) is 4.68. The minimum atomic E-state index is -0.996. The first-order chi connectivity index (χ1) is 14.4. The number of rotatable bonds is 6. The quantitative estimate of drug-likeness (QED) is 0.442. The molecule has 1 aliphatic heterocycles. The molecule has 1 atom stereocenters. The predicted molar refractivity (Wildman–Crippen MR) is 113 cm³/mol. The summed E-state index contributed by atoms with van der Waals surface area (Å²) in [4.78, 5) is 39.6. The third-order valence-corrected chi connectivity index (χ3v) is 5.05. The van der Waals surface area contributed by atoms with Gasteiger partial charge in [0.25, 0.3) is 11.6 Å². The molecule has 0 radical (unpaired) electrons. The zero-order valence-corrected chi connectivity index (χ0v) is 16.9. The minimum Gasteiger partial charge on any atom is -0.449 e. The minimum absolute atomic E-state index is 0.0141. The molecule has 1 unspecified atom stereocenters.